The number of carboxylic acid groups (broad SMARTS) is 1. The summed E-state index contributed by atoms with van der Waals surface area (Å²) < 4.78 is 5.41. The Morgan fingerprint density at radius 1 is 1.59 bits per heavy atom. The zero-order valence-corrected chi connectivity index (χ0v) is 10.1. The molecule has 0 aliphatic carbocycles. The van der Waals surface area contributed by atoms with Crippen LogP contribution in [0.1, 0.15) is 26.2 Å². The van der Waals surface area contributed by atoms with Crippen molar-refractivity contribution in [2.45, 2.75) is 38.3 Å². The van der Waals surface area contributed by atoms with Crippen molar-refractivity contribution >= 4 is 11.9 Å². The number of carboxylic acids is 1. The molecule has 1 aliphatic rings. The van der Waals surface area contributed by atoms with Crippen LogP contribution in [0.25, 0.3) is 0 Å². The van der Waals surface area contributed by atoms with Crippen molar-refractivity contribution < 1.29 is 19.4 Å². The number of rotatable bonds is 6. The molecule has 6 nitrogen and oxygen atoms in total. The summed E-state index contributed by atoms with van der Waals surface area (Å²) in [7, 11) is 0. The number of ether oxygens (including phenoxy) is 1. The van der Waals surface area contributed by atoms with Crippen LogP contribution in [-0.2, 0) is 14.3 Å². The van der Waals surface area contributed by atoms with E-state index >= 15 is 0 Å². The number of nitrogens with one attached hydrogen (secondary N) is 2. The lowest BCUT2D eigenvalue weighted by Crippen LogP contribution is -2.42. The first-order chi connectivity index (χ1) is 8.08. The lowest BCUT2D eigenvalue weighted by Gasteiger charge is -2.23. The van der Waals surface area contributed by atoms with Crippen LogP contribution in [0.5, 0.6) is 0 Å². The molecule has 0 spiro atoms. The Morgan fingerprint density at radius 3 is 2.94 bits per heavy atom. The second-order valence-corrected chi connectivity index (χ2v) is 4.30. The molecule has 17 heavy (non-hydrogen) atoms. The molecular formula is C11H20N2O4. The van der Waals surface area contributed by atoms with Crippen molar-refractivity contribution in [2.24, 2.45) is 0 Å². The van der Waals surface area contributed by atoms with E-state index in [1.54, 1.807) is 6.92 Å². The molecule has 1 aliphatic heterocycles. The fourth-order valence-corrected chi connectivity index (χ4v) is 1.70. The van der Waals surface area contributed by atoms with Crippen molar-refractivity contribution in [3.8, 4) is 0 Å². The average Bonchev–Trinajstić information content (AvgIpc) is 2.27. The Bertz CT molecular complexity index is 264. The van der Waals surface area contributed by atoms with Crippen molar-refractivity contribution in [1.82, 2.24) is 10.6 Å². The normalized spacial score (nSPS) is 21.8. The lowest BCUT2D eigenvalue weighted by atomic mass is 10.1. The van der Waals surface area contributed by atoms with Gasteiger partial charge in [0, 0.05) is 25.6 Å². The summed E-state index contributed by atoms with van der Waals surface area (Å²) in [5, 5.41) is 14.4. The van der Waals surface area contributed by atoms with Gasteiger partial charge in [-0.05, 0) is 13.3 Å². The van der Waals surface area contributed by atoms with Gasteiger partial charge < -0.3 is 20.5 Å². The predicted octanol–water partition coefficient (Wildman–Crippen LogP) is -0.266. The summed E-state index contributed by atoms with van der Waals surface area (Å²) in [6, 6.07) is -0.116. The molecular weight excluding hydrogens is 224 g/mol. The van der Waals surface area contributed by atoms with Crippen LogP contribution in [0.15, 0.2) is 0 Å². The Kier molecular flexibility index (Phi) is 5.93. The fraction of sp³-hybridized carbons (Fsp3) is 0.818. The summed E-state index contributed by atoms with van der Waals surface area (Å²) in [4.78, 5) is 22.0. The molecule has 1 amide bonds. The molecule has 1 rings (SSSR count). The Labute approximate surface area is 101 Å². The van der Waals surface area contributed by atoms with Crippen LogP contribution in [-0.4, -0.2) is 48.8 Å². The molecule has 0 aromatic carbocycles. The van der Waals surface area contributed by atoms with E-state index in [9.17, 15) is 9.59 Å². The van der Waals surface area contributed by atoms with Gasteiger partial charge in [0.2, 0.25) is 5.91 Å². The summed E-state index contributed by atoms with van der Waals surface area (Å²) in [6.45, 7) is 3.96. The Morgan fingerprint density at radius 2 is 2.35 bits per heavy atom. The van der Waals surface area contributed by atoms with E-state index in [-0.39, 0.29) is 24.5 Å². The zero-order valence-electron chi connectivity index (χ0n) is 10.1. The maximum Gasteiger partial charge on any atom is 0.303 e. The molecule has 3 N–H and O–H groups in total. The molecule has 2 unspecified atom stereocenters. The van der Waals surface area contributed by atoms with E-state index in [0.717, 1.165) is 6.54 Å². The average molecular weight is 244 g/mol. The third-order valence-electron chi connectivity index (χ3n) is 2.62. The van der Waals surface area contributed by atoms with Gasteiger partial charge in [0.15, 0.2) is 0 Å². The van der Waals surface area contributed by atoms with Crippen LogP contribution >= 0.6 is 0 Å². The van der Waals surface area contributed by atoms with Crippen molar-refractivity contribution in [3.63, 3.8) is 0 Å². The minimum atomic E-state index is -0.842. The Hall–Kier alpha value is -1.14. The highest BCUT2D eigenvalue weighted by Gasteiger charge is 2.18. The first kappa shape index (κ1) is 13.9. The standard InChI is InChI=1S/C11H20N2O4/c1-8(2-3-11(15)16)13-10(14)6-9-7-12-4-5-17-9/h8-9,12H,2-7H2,1H3,(H,13,14)(H,15,16). The maximum atomic E-state index is 11.6. The fourth-order valence-electron chi connectivity index (χ4n) is 1.70. The summed E-state index contributed by atoms with van der Waals surface area (Å²) in [5.41, 5.74) is 0. The number of morpholine rings is 1. The highest BCUT2D eigenvalue weighted by atomic mass is 16.5. The molecule has 1 saturated heterocycles. The molecule has 1 fully saturated rings. The number of carbonyl (C=O) groups excluding carboxylic acids is 1. The number of hydrogen-bond acceptors (Lipinski definition) is 4. The van der Waals surface area contributed by atoms with Gasteiger partial charge in [0.1, 0.15) is 0 Å². The first-order valence-corrected chi connectivity index (χ1v) is 5.91. The van der Waals surface area contributed by atoms with Crippen LogP contribution < -0.4 is 10.6 Å². The van der Waals surface area contributed by atoms with Gasteiger partial charge in [-0.1, -0.05) is 0 Å². The van der Waals surface area contributed by atoms with Crippen LogP contribution in [0.4, 0.5) is 0 Å². The van der Waals surface area contributed by atoms with Crippen LogP contribution in [0, 0.1) is 0 Å². The molecule has 6 heteroatoms. The monoisotopic (exact) mass is 244 g/mol. The molecule has 0 aromatic rings. The highest BCUT2D eigenvalue weighted by molar-refractivity contribution is 5.76. The largest absolute Gasteiger partial charge is 0.481 e. The summed E-state index contributed by atoms with van der Waals surface area (Å²) in [6.07, 6.45) is 0.772. The second kappa shape index (κ2) is 7.24. The predicted molar refractivity (Wildman–Crippen MR) is 61.7 cm³/mol. The number of carbonyl (C=O) groups is 2. The summed E-state index contributed by atoms with van der Waals surface area (Å²) in [5.74, 6) is -0.928. The van der Waals surface area contributed by atoms with Gasteiger partial charge in [0.25, 0.3) is 0 Å². The number of amides is 1. The van der Waals surface area contributed by atoms with Crippen LogP contribution in [0.3, 0.4) is 0 Å². The smallest absolute Gasteiger partial charge is 0.303 e. The molecule has 0 aromatic heterocycles. The first-order valence-electron chi connectivity index (χ1n) is 5.91. The SMILES string of the molecule is CC(CCC(=O)O)NC(=O)CC1CNCCO1. The second-order valence-electron chi connectivity index (χ2n) is 4.30. The van der Waals surface area contributed by atoms with Crippen molar-refractivity contribution in [3.05, 3.63) is 0 Å². The molecule has 98 valence electrons. The molecule has 0 radical (unpaired) electrons. The minimum absolute atomic E-state index is 0.0724. The van der Waals surface area contributed by atoms with E-state index in [1.807, 2.05) is 0 Å². The topological polar surface area (TPSA) is 87.7 Å². The van der Waals surface area contributed by atoms with Gasteiger partial charge in [-0.15, -0.1) is 0 Å². The van der Waals surface area contributed by atoms with Gasteiger partial charge in [-0.2, -0.15) is 0 Å². The van der Waals surface area contributed by atoms with Crippen molar-refractivity contribution in [2.75, 3.05) is 19.7 Å². The quantitative estimate of drug-likeness (QED) is 0.599. The van der Waals surface area contributed by atoms with Gasteiger partial charge >= 0.3 is 5.97 Å². The van der Waals surface area contributed by atoms with E-state index < -0.39 is 5.97 Å². The third kappa shape index (κ3) is 6.23. The van der Waals surface area contributed by atoms with Gasteiger partial charge in [0.05, 0.1) is 19.1 Å². The zero-order chi connectivity index (χ0) is 12.7. The number of hydrogen-bond donors (Lipinski definition) is 3. The molecule has 2 atom stereocenters. The van der Waals surface area contributed by atoms with Gasteiger partial charge in [-0.25, -0.2) is 0 Å². The molecule has 1 heterocycles. The van der Waals surface area contributed by atoms with E-state index in [0.29, 0.717) is 26.0 Å². The minimum Gasteiger partial charge on any atom is -0.481 e. The van der Waals surface area contributed by atoms with Crippen molar-refractivity contribution in [1.29, 1.82) is 0 Å². The lowest BCUT2D eigenvalue weighted by molar-refractivity contribution is -0.137. The third-order valence-corrected chi connectivity index (χ3v) is 2.62. The Balaban J connectivity index is 2.16. The summed E-state index contributed by atoms with van der Waals surface area (Å²) >= 11 is 0. The van der Waals surface area contributed by atoms with Gasteiger partial charge in [-0.3, -0.25) is 9.59 Å². The van der Waals surface area contributed by atoms with E-state index in [2.05, 4.69) is 10.6 Å². The highest BCUT2D eigenvalue weighted by Crippen LogP contribution is 2.03. The molecule has 0 bridgehead atoms. The number of aliphatic carboxylic acids is 1. The maximum absolute atomic E-state index is 11.6. The molecule has 0 saturated carbocycles. The van der Waals surface area contributed by atoms with E-state index in [1.165, 1.54) is 0 Å². The van der Waals surface area contributed by atoms with Crippen LogP contribution in [0.2, 0.25) is 0 Å². The van der Waals surface area contributed by atoms with E-state index in [4.69, 9.17) is 9.84 Å².